The highest BCUT2D eigenvalue weighted by atomic mass is 16.5. The summed E-state index contributed by atoms with van der Waals surface area (Å²) in [4.78, 5) is 31.5. The maximum absolute atomic E-state index is 13.0. The molecule has 2 aliphatic heterocycles. The SMILES string of the molecule is CCOC(=O)C1CCN(C(=O)[C@H](C)N2CCN(c3ccccc3C)CC2)CC1. The molecule has 3 rings (SSSR count). The lowest BCUT2D eigenvalue weighted by Crippen LogP contribution is -2.55. The van der Waals surface area contributed by atoms with E-state index < -0.39 is 0 Å². The largest absolute Gasteiger partial charge is 0.466 e. The molecular formula is C22H33N3O3. The maximum Gasteiger partial charge on any atom is 0.309 e. The summed E-state index contributed by atoms with van der Waals surface area (Å²) in [6, 6.07) is 8.36. The van der Waals surface area contributed by atoms with Crippen LogP contribution in [0.4, 0.5) is 5.69 Å². The number of aryl methyl sites for hydroxylation is 1. The van der Waals surface area contributed by atoms with E-state index in [1.54, 1.807) is 0 Å². The number of para-hydroxylation sites is 1. The Morgan fingerprint density at radius 1 is 1.07 bits per heavy atom. The summed E-state index contributed by atoms with van der Waals surface area (Å²) in [5.74, 6) is 0.0126. The van der Waals surface area contributed by atoms with Gasteiger partial charge in [-0.1, -0.05) is 18.2 Å². The van der Waals surface area contributed by atoms with Gasteiger partial charge in [0.25, 0.3) is 0 Å². The number of carbonyl (C=O) groups excluding carboxylic acids is 2. The average molecular weight is 388 g/mol. The number of hydrogen-bond acceptors (Lipinski definition) is 5. The Morgan fingerprint density at radius 2 is 1.71 bits per heavy atom. The molecule has 154 valence electrons. The van der Waals surface area contributed by atoms with E-state index in [1.807, 2.05) is 18.7 Å². The summed E-state index contributed by atoms with van der Waals surface area (Å²) in [6.45, 7) is 11.4. The van der Waals surface area contributed by atoms with E-state index in [0.717, 1.165) is 26.2 Å². The zero-order valence-corrected chi connectivity index (χ0v) is 17.4. The van der Waals surface area contributed by atoms with Crippen LogP contribution in [0.3, 0.4) is 0 Å². The van der Waals surface area contributed by atoms with E-state index in [9.17, 15) is 9.59 Å². The molecule has 6 nitrogen and oxygen atoms in total. The number of piperidine rings is 1. The molecule has 0 radical (unpaired) electrons. The summed E-state index contributed by atoms with van der Waals surface area (Å²) in [7, 11) is 0. The number of ether oxygens (including phenoxy) is 1. The Morgan fingerprint density at radius 3 is 2.32 bits per heavy atom. The van der Waals surface area contributed by atoms with Crippen LogP contribution in [0.25, 0.3) is 0 Å². The molecule has 0 aromatic heterocycles. The number of esters is 1. The number of likely N-dealkylation sites (tertiary alicyclic amines) is 1. The van der Waals surface area contributed by atoms with Crippen LogP contribution in [0.1, 0.15) is 32.3 Å². The highest BCUT2D eigenvalue weighted by Crippen LogP contribution is 2.23. The first-order valence-electron chi connectivity index (χ1n) is 10.5. The van der Waals surface area contributed by atoms with Crippen LogP contribution in [-0.2, 0) is 14.3 Å². The van der Waals surface area contributed by atoms with Crippen molar-refractivity contribution < 1.29 is 14.3 Å². The first kappa shape index (κ1) is 20.6. The summed E-state index contributed by atoms with van der Waals surface area (Å²) >= 11 is 0. The number of carbonyl (C=O) groups is 2. The zero-order valence-electron chi connectivity index (χ0n) is 17.4. The minimum atomic E-state index is -0.116. The first-order chi connectivity index (χ1) is 13.5. The standard InChI is InChI=1S/C22H33N3O3/c1-4-28-22(27)19-9-11-25(12-10-19)21(26)18(3)23-13-15-24(16-14-23)20-8-6-5-7-17(20)2/h5-8,18-19H,4,9-16H2,1-3H3/t18-/m0/s1. The van der Waals surface area contributed by atoms with Gasteiger partial charge in [-0.3, -0.25) is 14.5 Å². The molecule has 1 atom stereocenters. The first-order valence-corrected chi connectivity index (χ1v) is 10.5. The summed E-state index contributed by atoms with van der Waals surface area (Å²) in [5, 5.41) is 0. The molecule has 0 aliphatic carbocycles. The molecule has 1 aromatic rings. The molecule has 2 saturated heterocycles. The van der Waals surface area contributed by atoms with Crippen molar-refractivity contribution in [2.24, 2.45) is 5.92 Å². The van der Waals surface area contributed by atoms with E-state index in [0.29, 0.717) is 32.5 Å². The number of nitrogens with zero attached hydrogens (tertiary/aromatic N) is 3. The van der Waals surface area contributed by atoms with Crippen molar-refractivity contribution in [2.75, 3.05) is 50.8 Å². The molecule has 0 bridgehead atoms. The number of hydrogen-bond donors (Lipinski definition) is 0. The lowest BCUT2D eigenvalue weighted by molar-refractivity contribution is -0.152. The van der Waals surface area contributed by atoms with Gasteiger partial charge in [-0.25, -0.2) is 0 Å². The molecule has 1 aromatic carbocycles. The molecule has 1 amide bonds. The van der Waals surface area contributed by atoms with Crippen molar-refractivity contribution in [1.29, 1.82) is 0 Å². The van der Waals surface area contributed by atoms with Gasteiger partial charge in [0, 0.05) is 45.0 Å². The minimum Gasteiger partial charge on any atom is -0.466 e. The highest BCUT2D eigenvalue weighted by Gasteiger charge is 2.33. The Hall–Kier alpha value is -2.08. The Kier molecular flexibility index (Phi) is 6.94. The van der Waals surface area contributed by atoms with Crippen LogP contribution < -0.4 is 4.90 Å². The fourth-order valence-electron chi connectivity index (χ4n) is 4.28. The van der Waals surface area contributed by atoms with Crippen LogP contribution in [-0.4, -0.2) is 73.6 Å². The number of piperazine rings is 1. The van der Waals surface area contributed by atoms with Crippen molar-refractivity contribution in [3.05, 3.63) is 29.8 Å². The molecule has 2 fully saturated rings. The molecule has 0 spiro atoms. The van der Waals surface area contributed by atoms with E-state index in [4.69, 9.17) is 4.74 Å². The molecule has 0 saturated carbocycles. The Labute approximate surface area is 168 Å². The average Bonchev–Trinajstić information content (AvgIpc) is 2.73. The second kappa shape index (κ2) is 9.41. The molecule has 2 aliphatic rings. The van der Waals surface area contributed by atoms with Crippen LogP contribution in [0.15, 0.2) is 24.3 Å². The predicted octanol–water partition coefficient (Wildman–Crippen LogP) is 2.31. The van der Waals surface area contributed by atoms with Gasteiger partial charge < -0.3 is 14.5 Å². The molecule has 28 heavy (non-hydrogen) atoms. The highest BCUT2D eigenvalue weighted by molar-refractivity contribution is 5.82. The third-order valence-corrected chi connectivity index (χ3v) is 6.10. The maximum atomic E-state index is 13.0. The monoisotopic (exact) mass is 387 g/mol. The van der Waals surface area contributed by atoms with Crippen molar-refractivity contribution in [2.45, 2.75) is 39.7 Å². The predicted molar refractivity (Wildman–Crippen MR) is 110 cm³/mol. The molecule has 0 N–H and O–H groups in total. The quantitative estimate of drug-likeness (QED) is 0.726. The van der Waals surface area contributed by atoms with E-state index in [1.165, 1.54) is 11.3 Å². The fourth-order valence-corrected chi connectivity index (χ4v) is 4.28. The van der Waals surface area contributed by atoms with Crippen LogP contribution in [0, 0.1) is 12.8 Å². The van der Waals surface area contributed by atoms with Gasteiger partial charge >= 0.3 is 5.97 Å². The van der Waals surface area contributed by atoms with Gasteiger partial charge in [-0.05, 0) is 45.2 Å². The lowest BCUT2D eigenvalue weighted by Gasteiger charge is -2.41. The smallest absolute Gasteiger partial charge is 0.309 e. The van der Waals surface area contributed by atoms with Crippen molar-refractivity contribution in [3.8, 4) is 0 Å². The number of anilines is 1. The van der Waals surface area contributed by atoms with Gasteiger partial charge in [0.1, 0.15) is 0 Å². The Balaban J connectivity index is 1.49. The van der Waals surface area contributed by atoms with Crippen LogP contribution in [0.2, 0.25) is 0 Å². The summed E-state index contributed by atoms with van der Waals surface area (Å²) in [6.07, 6.45) is 1.41. The lowest BCUT2D eigenvalue weighted by atomic mass is 9.96. The number of rotatable bonds is 5. The zero-order chi connectivity index (χ0) is 20.1. The van der Waals surface area contributed by atoms with Gasteiger partial charge in [0.2, 0.25) is 5.91 Å². The van der Waals surface area contributed by atoms with E-state index >= 15 is 0 Å². The van der Waals surface area contributed by atoms with Gasteiger partial charge in [-0.15, -0.1) is 0 Å². The third-order valence-electron chi connectivity index (χ3n) is 6.10. The number of amides is 1. The summed E-state index contributed by atoms with van der Waals surface area (Å²) in [5.41, 5.74) is 2.59. The molecule has 6 heteroatoms. The second-order valence-electron chi connectivity index (χ2n) is 7.84. The van der Waals surface area contributed by atoms with E-state index in [-0.39, 0.29) is 23.8 Å². The normalized spacial score (nSPS) is 20.1. The number of benzene rings is 1. The topological polar surface area (TPSA) is 53.1 Å². The molecule has 0 unspecified atom stereocenters. The van der Waals surface area contributed by atoms with Crippen LogP contribution >= 0.6 is 0 Å². The van der Waals surface area contributed by atoms with Crippen LogP contribution in [0.5, 0.6) is 0 Å². The summed E-state index contributed by atoms with van der Waals surface area (Å²) < 4.78 is 5.12. The van der Waals surface area contributed by atoms with Crippen molar-refractivity contribution in [1.82, 2.24) is 9.80 Å². The fraction of sp³-hybridized carbons (Fsp3) is 0.636. The minimum absolute atomic E-state index is 0.0584. The second-order valence-corrected chi connectivity index (χ2v) is 7.84. The molecular weight excluding hydrogens is 354 g/mol. The van der Waals surface area contributed by atoms with Crippen molar-refractivity contribution in [3.63, 3.8) is 0 Å². The van der Waals surface area contributed by atoms with Gasteiger partial charge in [0.05, 0.1) is 18.6 Å². The van der Waals surface area contributed by atoms with Gasteiger partial charge in [0.15, 0.2) is 0 Å². The third kappa shape index (κ3) is 4.66. The van der Waals surface area contributed by atoms with E-state index in [2.05, 4.69) is 41.0 Å². The Bertz CT molecular complexity index is 677. The van der Waals surface area contributed by atoms with Crippen molar-refractivity contribution >= 4 is 17.6 Å². The molecule has 2 heterocycles. The van der Waals surface area contributed by atoms with Gasteiger partial charge in [-0.2, -0.15) is 0 Å².